The van der Waals surface area contributed by atoms with Gasteiger partial charge in [0.25, 0.3) is 0 Å². The van der Waals surface area contributed by atoms with Crippen molar-refractivity contribution in [2.75, 3.05) is 24.9 Å². The number of aryl methyl sites for hydroxylation is 1. The van der Waals surface area contributed by atoms with Crippen LogP contribution in [0.1, 0.15) is 22.3 Å². The lowest BCUT2D eigenvalue weighted by atomic mass is 10.0. The maximum absolute atomic E-state index is 13.6. The molecule has 0 aliphatic carbocycles. The highest BCUT2D eigenvalue weighted by Crippen LogP contribution is 2.27. The third-order valence-corrected chi connectivity index (χ3v) is 4.30. The molecular formula is C19H19BrFNO4. The molecule has 0 fully saturated rings. The summed E-state index contributed by atoms with van der Waals surface area (Å²) in [5, 5.41) is 2.67. The van der Waals surface area contributed by atoms with Crippen molar-refractivity contribution in [3.63, 3.8) is 0 Å². The summed E-state index contributed by atoms with van der Waals surface area (Å²) in [6, 6.07) is 9.07. The third-order valence-electron chi connectivity index (χ3n) is 3.79. The monoisotopic (exact) mass is 423 g/mol. The number of Topliss-reactive ketones (excluding diaryl/α,β-unsaturated/α-hetero) is 1. The molecule has 2 aromatic rings. The number of carbonyl (C=O) groups is 2. The Hall–Kier alpha value is -2.41. The van der Waals surface area contributed by atoms with Crippen molar-refractivity contribution in [2.45, 2.75) is 12.8 Å². The Labute approximate surface area is 159 Å². The predicted octanol–water partition coefficient (Wildman–Crippen LogP) is 3.99. The number of hydrogen-bond donors (Lipinski definition) is 1. The number of ketones is 1. The highest BCUT2D eigenvalue weighted by Gasteiger charge is 2.16. The zero-order valence-corrected chi connectivity index (χ0v) is 16.1. The molecule has 138 valence electrons. The Morgan fingerprint density at radius 1 is 1.12 bits per heavy atom. The topological polar surface area (TPSA) is 64.6 Å². The van der Waals surface area contributed by atoms with Gasteiger partial charge in [-0.2, -0.15) is 0 Å². The first-order chi connectivity index (χ1) is 12.5. The van der Waals surface area contributed by atoms with Crippen LogP contribution in [0.25, 0.3) is 0 Å². The fraction of sp³-hybridized carbons (Fsp3) is 0.263. The van der Waals surface area contributed by atoms with E-state index in [0.29, 0.717) is 23.6 Å². The summed E-state index contributed by atoms with van der Waals surface area (Å²) in [5.41, 5.74) is 1.28. The van der Waals surface area contributed by atoms with Crippen LogP contribution >= 0.6 is 15.9 Å². The van der Waals surface area contributed by atoms with Crippen molar-refractivity contribution < 1.29 is 23.5 Å². The zero-order valence-electron chi connectivity index (χ0n) is 14.5. The molecule has 0 radical (unpaired) electrons. The number of carbonyl (C=O) groups excluding carboxylic acids is 2. The average Bonchev–Trinajstić information content (AvgIpc) is 2.67. The van der Waals surface area contributed by atoms with Gasteiger partial charge in [-0.1, -0.05) is 22.0 Å². The third kappa shape index (κ3) is 5.05. The lowest BCUT2D eigenvalue weighted by Crippen LogP contribution is -2.16. The van der Waals surface area contributed by atoms with Crippen LogP contribution < -0.4 is 14.8 Å². The standard InChI is InChI=1S/C19H19BrFNO4/c1-25-14-6-3-12(18(10-14)26-2)4-8-17(23)15-9-13(21)5-7-16(15)22-19(24)11-20/h3,5-7,9-10H,4,8,11H2,1-2H3,(H,22,24). The van der Waals surface area contributed by atoms with Crippen LogP contribution in [-0.2, 0) is 11.2 Å². The lowest BCUT2D eigenvalue weighted by Gasteiger charge is -2.12. The second-order valence-electron chi connectivity index (χ2n) is 5.47. The molecule has 0 bridgehead atoms. The number of hydrogen-bond acceptors (Lipinski definition) is 4. The van der Waals surface area contributed by atoms with E-state index in [0.717, 1.165) is 11.6 Å². The van der Waals surface area contributed by atoms with Crippen LogP contribution in [0.15, 0.2) is 36.4 Å². The maximum Gasteiger partial charge on any atom is 0.235 e. The van der Waals surface area contributed by atoms with Gasteiger partial charge in [0.05, 0.1) is 25.2 Å². The Balaban J connectivity index is 2.18. The number of halogens is 2. The molecule has 0 saturated heterocycles. The number of anilines is 1. The molecule has 0 unspecified atom stereocenters. The van der Waals surface area contributed by atoms with Crippen molar-refractivity contribution in [1.82, 2.24) is 0 Å². The molecule has 0 atom stereocenters. The van der Waals surface area contributed by atoms with E-state index in [1.54, 1.807) is 26.4 Å². The van der Waals surface area contributed by atoms with E-state index in [9.17, 15) is 14.0 Å². The summed E-state index contributed by atoms with van der Waals surface area (Å²) in [4.78, 5) is 24.2. The average molecular weight is 424 g/mol. The highest BCUT2D eigenvalue weighted by atomic mass is 79.9. The van der Waals surface area contributed by atoms with Gasteiger partial charge in [-0.15, -0.1) is 0 Å². The smallest absolute Gasteiger partial charge is 0.235 e. The van der Waals surface area contributed by atoms with Gasteiger partial charge in [0.1, 0.15) is 17.3 Å². The number of rotatable bonds is 8. The van der Waals surface area contributed by atoms with E-state index >= 15 is 0 Å². The van der Waals surface area contributed by atoms with Gasteiger partial charge < -0.3 is 14.8 Å². The molecule has 0 aliphatic rings. The summed E-state index contributed by atoms with van der Waals surface area (Å²) in [5.74, 6) is 0.146. The van der Waals surface area contributed by atoms with E-state index in [-0.39, 0.29) is 29.0 Å². The molecule has 7 heteroatoms. The van der Waals surface area contributed by atoms with Gasteiger partial charge in [-0.3, -0.25) is 9.59 Å². The van der Waals surface area contributed by atoms with Crippen molar-refractivity contribution >= 4 is 33.3 Å². The van der Waals surface area contributed by atoms with Crippen LogP contribution in [0.2, 0.25) is 0 Å². The number of ether oxygens (including phenoxy) is 2. The normalized spacial score (nSPS) is 10.3. The van der Waals surface area contributed by atoms with E-state index in [1.165, 1.54) is 12.1 Å². The van der Waals surface area contributed by atoms with E-state index < -0.39 is 5.82 Å². The number of alkyl halides is 1. The second-order valence-corrected chi connectivity index (χ2v) is 6.03. The van der Waals surface area contributed by atoms with E-state index in [4.69, 9.17) is 9.47 Å². The van der Waals surface area contributed by atoms with Crippen LogP contribution in [-0.4, -0.2) is 31.2 Å². The Morgan fingerprint density at radius 3 is 2.54 bits per heavy atom. The molecule has 26 heavy (non-hydrogen) atoms. The van der Waals surface area contributed by atoms with Crippen molar-refractivity contribution in [2.24, 2.45) is 0 Å². The fourth-order valence-electron chi connectivity index (χ4n) is 2.48. The van der Waals surface area contributed by atoms with Gasteiger partial charge in [0, 0.05) is 18.1 Å². The van der Waals surface area contributed by atoms with Gasteiger partial charge in [0.2, 0.25) is 5.91 Å². The number of nitrogens with one attached hydrogen (secondary N) is 1. The van der Waals surface area contributed by atoms with Gasteiger partial charge in [-0.05, 0) is 36.2 Å². The molecule has 0 aromatic heterocycles. The minimum Gasteiger partial charge on any atom is -0.497 e. The van der Waals surface area contributed by atoms with E-state index in [1.807, 2.05) is 6.07 Å². The molecule has 0 spiro atoms. The predicted molar refractivity (Wildman–Crippen MR) is 101 cm³/mol. The van der Waals surface area contributed by atoms with Crippen molar-refractivity contribution in [3.8, 4) is 11.5 Å². The number of amides is 1. The van der Waals surface area contributed by atoms with Crippen LogP contribution in [0.3, 0.4) is 0 Å². The van der Waals surface area contributed by atoms with Crippen LogP contribution in [0.4, 0.5) is 10.1 Å². The molecule has 0 saturated carbocycles. The van der Waals surface area contributed by atoms with Crippen LogP contribution in [0, 0.1) is 5.82 Å². The lowest BCUT2D eigenvalue weighted by molar-refractivity contribution is -0.113. The molecular weight excluding hydrogens is 405 g/mol. The molecule has 0 heterocycles. The Kier molecular flexibility index (Phi) is 7.15. The first-order valence-corrected chi connectivity index (χ1v) is 9.00. The maximum atomic E-state index is 13.6. The first kappa shape index (κ1) is 19.9. The summed E-state index contributed by atoms with van der Waals surface area (Å²) < 4.78 is 24.1. The molecule has 2 aromatic carbocycles. The number of methoxy groups -OCH3 is 2. The largest absolute Gasteiger partial charge is 0.497 e. The fourth-order valence-corrected chi connectivity index (χ4v) is 2.62. The van der Waals surface area contributed by atoms with Crippen LogP contribution in [0.5, 0.6) is 11.5 Å². The summed E-state index contributed by atoms with van der Waals surface area (Å²) in [6.45, 7) is 0. The molecule has 1 amide bonds. The Bertz CT molecular complexity index is 810. The minimum atomic E-state index is -0.535. The minimum absolute atomic E-state index is 0.0844. The van der Waals surface area contributed by atoms with Crippen molar-refractivity contribution in [1.29, 1.82) is 0 Å². The van der Waals surface area contributed by atoms with Gasteiger partial charge >= 0.3 is 0 Å². The zero-order chi connectivity index (χ0) is 19.1. The number of benzene rings is 2. The SMILES string of the molecule is COc1ccc(CCC(=O)c2cc(F)ccc2NC(=O)CBr)c(OC)c1. The summed E-state index contributed by atoms with van der Waals surface area (Å²) >= 11 is 3.04. The second kappa shape index (κ2) is 9.33. The first-order valence-electron chi connectivity index (χ1n) is 7.88. The van der Waals surface area contributed by atoms with Gasteiger partial charge in [0.15, 0.2) is 5.78 Å². The Morgan fingerprint density at radius 2 is 1.88 bits per heavy atom. The molecule has 2 rings (SSSR count). The van der Waals surface area contributed by atoms with Crippen molar-refractivity contribution in [3.05, 3.63) is 53.3 Å². The summed E-state index contributed by atoms with van der Waals surface area (Å²) in [6.07, 6.45) is 0.553. The molecule has 0 aliphatic heterocycles. The van der Waals surface area contributed by atoms with Gasteiger partial charge in [-0.25, -0.2) is 4.39 Å². The van der Waals surface area contributed by atoms with E-state index in [2.05, 4.69) is 21.2 Å². The molecule has 1 N–H and O–H groups in total. The summed E-state index contributed by atoms with van der Waals surface area (Å²) in [7, 11) is 3.10. The highest BCUT2D eigenvalue weighted by molar-refractivity contribution is 9.09. The molecule has 5 nitrogen and oxygen atoms in total. The quantitative estimate of drug-likeness (QED) is 0.514.